The molecule has 0 saturated heterocycles. The first kappa shape index (κ1) is 11.5. The highest BCUT2D eigenvalue weighted by Crippen LogP contribution is 2.32. The van der Waals surface area contributed by atoms with Gasteiger partial charge >= 0.3 is 0 Å². The maximum absolute atomic E-state index is 12.6. The van der Waals surface area contributed by atoms with E-state index >= 15 is 0 Å². The highest BCUT2D eigenvalue weighted by atomic mass is 35.5. The molecular weight excluding hydrogens is 256 g/mol. The molecule has 1 N–H and O–H groups in total. The molecule has 2 aromatic carbocycles. The van der Waals surface area contributed by atoms with Crippen LogP contribution in [0, 0.1) is 0 Å². The first-order valence-electron chi connectivity index (χ1n) is 5.59. The molecular formula is C14H10ClF2N. The van der Waals surface area contributed by atoms with Crippen molar-refractivity contribution in [2.75, 3.05) is 0 Å². The molecule has 0 aliphatic heterocycles. The summed E-state index contributed by atoms with van der Waals surface area (Å²) in [5.74, 6) is 0. The number of rotatable bonds is 2. The van der Waals surface area contributed by atoms with Crippen molar-refractivity contribution in [1.82, 2.24) is 4.98 Å². The molecule has 1 heterocycles. The van der Waals surface area contributed by atoms with E-state index in [2.05, 4.69) is 4.98 Å². The third-order valence-corrected chi connectivity index (χ3v) is 3.51. The van der Waals surface area contributed by atoms with Gasteiger partial charge in [0.1, 0.15) is 5.38 Å². The van der Waals surface area contributed by atoms with E-state index in [1.807, 2.05) is 24.3 Å². The van der Waals surface area contributed by atoms with Crippen molar-refractivity contribution in [3.63, 3.8) is 0 Å². The van der Waals surface area contributed by atoms with Crippen LogP contribution in [0.5, 0.6) is 0 Å². The van der Waals surface area contributed by atoms with Gasteiger partial charge < -0.3 is 4.98 Å². The van der Waals surface area contributed by atoms with Crippen LogP contribution in [0.2, 0.25) is 0 Å². The number of aromatic amines is 1. The lowest BCUT2D eigenvalue weighted by molar-refractivity contribution is 0.143. The Morgan fingerprint density at radius 3 is 2.44 bits per heavy atom. The minimum Gasteiger partial charge on any atom is -0.355 e. The number of aromatic nitrogens is 1. The zero-order valence-electron chi connectivity index (χ0n) is 9.33. The van der Waals surface area contributed by atoms with E-state index in [-0.39, 0.29) is 0 Å². The molecule has 1 unspecified atom stereocenters. The normalized spacial score (nSPS) is 13.6. The van der Waals surface area contributed by atoms with Gasteiger partial charge in [-0.15, -0.1) is 11.6 Å². The molecule has 18 heavy (non-hydrogen) atoms. The first-order valence-corrected chi connectivity index (χ1v) is 6.03. The maximum atomic E-state index is 12.6. The molecule has 92 valence electrons. The number of hydrogen-bond acceptors (Lipinski definition) is 0. The lowest BCUT2D eigenvalue weighted by Crippen LogP contribution is -2.01. The first-order chi connectivity index (χ1) is 8.66. The van der Waals surface area contributed by atoms with Crippen molar-refractivity contribution in [3.8, 4) is 0 Å². The average Bonchev–Trinajstić information content (AvgIpc) is 2.75. The van der Waals surface area contributed by atoms with Crippen LogP contribution in [-0.4, -0.2) is 11.4 Å². The summed E-state index contributed by atoms with van der Waals surface area (Å²) in [4.78, 5) is 3.24. The molecule has 1 nitrogen and oxygen atoms in total. The number of alkyl halides is 3. The van der Waals surface area contributed by atoms with Crippen molar-refractivity contribution >= 4 is 33.4 Å². The van der Waals surface area contributed by atoms with Crippen molar-refractivity contribution in [2.45, 2.75) is 11.8 Å². The zero-order valence-corrected chi connectivity index (χ0v) is 10.1. The Morgan fingerprint density at radius 2 is 1.67 bits per heavy atom. The maximum Gasteiger partial charge on any atom is 0.258 e. The number of H-pyrrole nitrogens is 1. The van der Waals surface area contributed by atoms with Crippen molar-refractivity contribution < 1.29 is 8.78 Å². The van der Waals surface area contributed by atoms with Gasteiger partial charge in [-0.05, 0) is 23.8 Å². The fourth-order valence-corrected chi connectivity index (χ4v) is 2.32. The number of hydrogen-bond donors (Lipinski definition) is 1. The summed E-state index contributed by atoms with van der Waals surface area (Å²) < 4.78 is 25.2. The number of fused-ring (bicyclic) bond motifs is 3. The largest absolute Gasteiger partial charge is 0.355 e. The standard InChI is InChI=1S/C14H10ClF2N/c15-13(14(16)17)8-5-6-12-10(7-8)9-3-1-2-4-11(9)18-12/h1-7,13-14,18H. The van der Waals surface area contributed by atoms with Gasteiger partial charge in [0.2, 0.25) is 0 Å². The van der Waals surface area contributed by atoms with Gasteiger partial charge in [-0.1, -0.05) is 24.3 Å². The third kappa shape index (κ3) is 1.75. The van der Waals surface area contributed by atoms with Gasteiger partial charge in [0.05, 0.1) is 0 Å². The molecule has 1 aromatic heterocycles. The molecule has 4 heteroatoms. The van der Waals surface area contributed by atoms with E-state index in [9.17, 15) is 8.78 Å². The summed E-state index contributed by atoms with van der Waals surface area (Å²) in [7, 11) is 0. The number of halogens is 3. The zero-order chi connectivity index (χ0) is 12.7. The van der Waals surface area contributed by atoms with Gasteiger partial charge in [-0.3, -0.25) is 0 Å². The number of nitrogens with one attached hydrogen (secondary N) is 1. The second-order valence-electron chi connectivity index (χ2n) is 4.21. The van der Waals surface area contributed by atoms with Crippen molar-refractivity contribution in [2.24, 2.45) is 0 Å². The monoisotopic (exact) mass is 265 g/mol. The predicted octanol–water partition coefficient (Wildman–Crippen LogP) is 4.87. The highest BCUT2D eigenvalue weighted by Gasteiger charge is 2.20. The van der Waals surface area contributed by atoms with Crippen LogP contribution >= 0.6 is 11.6 Å². The molecule has 3 aromatic rings. The van der Waals surface area contributed by atoms with E-state index in [0.29, 0.717) is 5.56 Å². The predicted molar refractivity (Wildman–Crippen MR) is 70.4 cm³/mol. The smallest absolute Gasteiger partial charge is 0.258 e. The molecule has 0 bridgehead atoms. The van der Waals surface area contributed by atoms with E-state index in [1.165, 1.54) is 0 Å². The van der Waals surface area contributed by atoms with Crippen molar-refractivity contribution in [3.05, 3.63) is 48.0 Å². The highest BCUT2D eigenvalue weighted by molar-refractivity contribution is 6.21. The second-order valence-corrected chi connectivity index (χ2v) is 4.68. The van der Waals surface area contributed by atoms with Crippen LogP contribution in [0.1, 0.15) is 10.9 Å². The molecule has 0 aliphatic carbocycles. The van der Waals surface area contributed by atoms with Crippen LogP contribution in [0.3, 0.4) is 0 Å². The Bertz CT molecular complexity index is 705. The van der Waals surface area contributed by atoms with E-state index in [4.69, 9.17) is 11.6 Å². The van der Waals surface area contributed by atoms with Gasteiger partial charge in [-0.2, -0.15) is 0 Å². The molecule has 0 saturated carbocycles. The van der Waals surface area contributed by atoms with Crippen LogP contribution < -0.4 is 0 Å². The number of para-hydroxylation sites is 1. The minimum atomic E-state index is -2.56. The lowest BCUT2D eigenvalue weighted by Gasteiger charge is -2.08. The Hall–Kier alpha value is -1.61. The summed E-state index contributed by atoms with van der Waals surface area (Å²) in [6.45, 7) is 0. The quantitative estimate of drug-likeness (QED) is 0.637. The van der Waals surface area contributed by atoms with Gasteiger partial charge in [0.25, 0.3) is 6.43 Å². The fraction of sp³-hybridized carbons (Fsp3) is 0.143. The molecule has 0 spiro atoms. The minimum absolute atomic E-state index is 0.448. The van der Waals surface area contributed by atoms with Crippen LogP contribution in [0.4, 0.5) is 8.78 Å². The van der Waals surface area contributed by atoms with E-state index < -0.39 is 11.8 Å². The molecule has 0 amide bonds. The Balaban J connectivity index is 2.24. The van der Waals surface area contributed by atoms with Gasteiger partial charge in [0.15, 0.2) is 0 Å². The SMILES string of the molecule is FC(F)C(Cl)c1ccc2[nH]c3ccccc3c2c1. The van der Waals surface area contributed by atoms with Gasteiger partial charge in [-0.25, -0.2) is 8.78 Å². The summed E-state index contributed by atoms with van der Waals surface area (Å²) in [5, 5.41) is 0.685. The summed E-state index contributed by atoms with van der Waals surface area (Å²) >= 11 is 5.70. The molecule has 0 aliphatic rings. The van der Waals surface area contributed by atoms with Gasteiger partial charge in [0, 0.05) is 21.8 Å². The van der Waals surface area contributed by atoms with Crippen molar-refractivity contribution in [1.29, 1.82) is 0 Å². The molecule has 0 radical (unpaired) electrons. The molecule has 3 rings (SSSR count). The van der Waals surface area contributed by atoms with Crippen LogP contribution in [-0.2, 0) is 0 Å². The lowest BCUT2D eigenvalue weighted by atomic mass is 10.1. The molecule has 0 fully saturated rings. The van der Waals surface area contributed by atoms with Crippen LogP contribution in [0.15, 0.2) is 42.5 Å². The summed E-state index contributed by atoms with van der Waals surface area (Å²) in [5.41, 5.74) is 2.37. The van der Waals surface area contributed by atoms with E-state index in [1.54, 1.807) is 18.2 Å². The Labute approximate surface area is 107 Å². The third-order valence-electron chi connectivity index (χ3n) is 3.07. The number of benzene rings is 2. The Kier molecular flexibility index (Phi) is 2.71. The van der Waals surface area contributed by atoms with Crippen LogP contribution in [0.25, 0.3) is 21.8 Å². The Morgan fingerprint density at radius 1 is 0.944 bits per heavy atom. The van der Waals surface area contributed by atoms with E-state index in [0.717, 1.165) is 21.8 Å². The fourth-order valence-electron chi connectivity index (χ4n) is 2.18. The average molecular weight is 266 g/mol. The summed E-state index contributed by atoms with van der Waals surface area (Å²) in [6, 6.07) is 12.9. The summed E-state index contributed by atoms with van der Waals surface area (Å²) in [6.07, 6.45) is -2.56. The molecule has 1 atom stereocenters. The topological polar surface area (TPSA) is 15.8 Å². The second kappa shape index (κ2) is 4.25.